The Kier molecular flexibility index (Phi) is 4.74. The minimum absolute atomic E-state index is 0.146. The number of carbonyl (C=O) groups excluding carboxylic acids is 1. The summed E-state index contributed by atoms with van der Waals surface area (Å²) in [6.07, 6.45) is 5.57. The minimum atomic E-state index is -0.596. The van der Waals surface area contributed by atoms with Crippen molar-refractivity contribution >= 4 is 5.91 Å². The second kappa shape index (κ2) is 6.75. The molecule has 2 saturated heterocycles. The average Bonchev–Trinajstić information content (AvgIpc) is 3.02. The Morgan fingerprint density at radius 3 is 2.91 bits per heavy atom. The first-order chi connectivity index (χ1) is 10.7. The molecule has 2 aliphatic rings. The molecule has 3 heterocycles. The lowest BCUT2D eigenvalue weighted by Crippen LogP contribution is -2.50. The summed E-state index contributed by atoms with van der Waals surface area (Å²) in [5, 5.41) is 0. The number of hydrogen-bond acceptors (Lipinski definition) is 4. The van der Waals surface area contributed by atoms with E-state index in [1.807, 2.05) is 30.0 Å². The Hall–Kier alpha value is -1.46. The normalized spacial score (nSPS) is 26.3. The Morgan fingerprint density at radius 2 is 2.27 bits per heavy atom. The van der Waals surface area contributed by atoms with Crippen molar-refractivity contribution in [2.75, 3.05) is 19.7 Å². The number of piperidine rings is 1. The van der Waals surface area contributed by atoms with Gasteiger partial charge in [-0.1, -0.05) is 6.07 Å². The lowest BCUT2D eigenvalue weighted by atomic mass is 9.98. The van der Waals surface area contributed by atoms with Crippen LogP contribution in [0.3, 0.4) is 0 Å². The molecule has 3 rings (SSSR count). The van der Waals surface area contributed by atoms with Crippen molar-refractivity contribution in [3.05, 3.63) is 30.1 Å². The number of likely N-dealkylation sites (tertiary alicyclic amines) is 1. The molecule has 1 aromatic heterocycles. The quantitative estimate of drug-likeness (QED) is 0.855. The molecule has 22 heavy (non-hydrogen) atoms. The van der Waals surface area contributed by atoms with Gasteiger partial charge in [-0.15, -0.1) is 0 Å². The van der Waals surface area contributed by atoms with E-state index in [1.165, 1.54) is 0 Å². The minimum Gasteiger partial charge on any atom is -0.372 e. The van der Waals surface area contributed by atoms with E-state index in [2.05, 4.69) is 4.98 Å². The summed E-state index contributed by atoms with van der Waals surface area (Å²) in [6, 6.07) is 5.84. The van der Waals surface area contributed by atoms with E-state index >= 15 is 0 Å². The first kappa shape index (κ1) is 15.4. The molecule has 0 spiro atoms. The van der Waals surface area contributed by atoms with Gasteiger partial charge in [-0.05, 0) is 44.7 Å². The fourth-order valence-corrected chi connectivity index (χ4v) is 3.19. The Bertz CT molecular complexity index is 492. The summed E-state index contributed by atoms with van der Waals surface area (Å²) in [5.41, 5.74) is 0.356. The van der Waals surface area contributed by atoms with E-state index in [9.17, 15) is 4.79 Å². The van der Waals surface area contributed by atoms with Gasteiger partial charge < -0.3 is 14.4 Å². The highest BCUT2D eigenvalue weighted by molar-refractivity contribution is 5.85. The van der Waals surface area contributed by atoms with Crippen molar-refractivity contribution in [2.45, 2.75) is 50.9 Å². The highest BCUT2D eigenvalue weighted by atomic mass is 16.5. The molecule has 0 saturated carbocycles. The molecule has 2 fully saturated rings. The standard InChI is InChI=1S/C17H24N2O3/c1-17(8-4-12-22-17)16(20)19-10-6-15(7-11-19)21-13-14-5-2-3-9-18-14/h2-3,5,9,15H,4,6-8,10-13H2,1H3/t17-/m1/s1. The number of carbonyl (C=O) groups is 1. The van der Waals surface area contributed by atoms with Crippen LogP contribution >= 0.6 is 0 Å². The molecule has 1 atom stereocenters. The van der Waals surface area contributed by atoms with E-state index in [0.717, 1.165) is 44.5 Å². The molecule has 0 N–H and O–H groups in total. The highest BCUT2D eigenvalue weighted by Gasteiger charge is 2.41. The number of nitrogens with zero attached hydrogens (tertiary/aromatic N) is 2. The summed E-state index contributed by atoms with van der Waals surface area (Å²) in [5.74, 6) is 0.146. The number of ether oxygens (including phenoxy) is 2. The molecule has 0 aliphatic carbocycles. The van der Waals surface area contributed by atoms with Crippen LogP contribution in [0.4, 0.5) is 0 Å². The molecule has 120 valence electrons. The van der Waals surface area contributed by atoms with Crippen LogP contribution in [-0.2, 0) is 20.9 Å². The van der Waals surface area contributed by atoms with E-state index in [-0.39, 0.29) is 12.0 Å². The van der Waals surface area contributed by atoms with Crippen LogP contribution in [0.5, 0.6) is 0 Å². The highest BCUT2D eigenvalue weighted by Crippen LogP contribution is 2.28. The summed E-state index contributed by atoms with van der Waals surface area (Å²) >= 11 is 0. The molecule has 0 bridgehead atoms. The molecule has 0 aromatic carbocycles. The summed E-state index contributed by atoms with van der Waals surface area (Å²) < 4.78 is 11.6. The third kappa shape index (κ3) is 3.47. The molecule has 0 radical (unpaired) electrons. The molecule has 5 nitrogen and oxygen atoms in total. The third-order valence-electron chi connectivity index (χ3n) is 4.59. The van der Waals surface area contributed by atoms with Gasteiger partial charge in [0.1, 0.15) is 5.60 Å². The van der Waals surface area contributed by atoms with Crippen LogP contribution in [0, 0.1) is 0 Å². The van der Waals surface area contributed by atoms with Gasteiger partial charge in [0.25, 0.3) is 5.91 Å². The predicted octanol–water partition coefficient (Wildman–Crippen LogP) is 2.16. The van der Waals surface area contributed by atoms with E-state index in [0.29, 0.717) is 13.2 Å². The largest absolute Gasteiger partial charge is 0.372 e. The van der Waals surface area contributed by atoms with Gasteiger partial charge in [-0.2, -0.15) is 0 Å². The van der Waals surface area contributed by atoms with Gasteiger partial charge in [-0.3, -0.25) is 9.78 Å². The van der Waals surface area contributed by atoms with Crippen LogP contribution in [0.25, 0.3) is 0 Å². The lowest BCUT2D eigenvalue weighted by molar-refractivity contribution is -0.153. The zero-order valence-corrected chi connectivity index (χ0v) is 13.2. The average molecular weight is 304 g/mol. The summed E-state index contributed by atoms with van der Waals surface area (Å²) in [7, 11) is 0. The summed E-state index contributed by atoms with van der Waals surface area (Å²) in [6.45, 7) is 4.67. The van der Waals surface area contributed by atoms with Crippen molar-refractivity contribution in [3.8, 4) is 0 Å². The van der Waals surface area contributed by atoms with Gasteiger partial charge >= 0.3 is 0 Å². The van der Waals surface area contributed by atoms with Gasteiger partial charge in [-0.25, -0.2) is 0 Å². The smallest absolute Gasteiger partial charge is 0.254 e. The van der Waals surface area contributed by atoms with Gasteiger partial charge in [0.15, 0.2) is 0 Å². The third-order valence-corrected chi connectivity index (χ3v) is 4.59. The number of aromatic nitrogens is 1. The van der Waals surface area contributed by atoms with Crippen molar-refractivity contribution < 1.29 is 14.3 Å². The second-order valence-corrected chi connectivity index (χ2v) is 6.31. The van der Waals surface area contributed by atoms with E-state index < -0.39 is 5.60 Å². The molecule has 2 aliphatic heterocycles. The molecule has 1 amide bonds. The maximum atomic E-state index is 12.6. The Labute approximate surface area is 131 Å². The molecular weight excluding hydrogens is 280 g/mol. The number of hydrogen-bond donors (Lipinski definition) is 0. The van der Waals surface area contributed by atoms with E-state index in [1.54, 1.807) is 6.20 Å². The number of rotatable bonds is 4. The van der Waals surface area contributed by atoms with Gasteiger partial charge in [0.05, 0.1) is 18.4 Å². The first-order valence-electron chi connectivity index (χ1n) is 8.12. The van der Waals surface area contributed by atoms with Crippen molar-refractivity contribution in [2.24, 2.45) is 0 Å². The van der Waals surface area contributed by atoms with Crippen molar-refractivity contribution in [1.29, 1.82) is 0 Å². The first-order valence-corrected chi connectivity index (χ1v) is 8.12. The topological polar surface area (TPSA) is 51.7 Å². The zero-order valence-electron chi connectivity index (χ0n) is 13.2. The second-order valence-electron chi connectivity index (χ2n) is 6.31. The van der Waals surface area contributed by atoms with Crippen LogP contribution in [0.2, 0.25) is 0 Å². The van der Waals surface area contributed by atoms with Crippen molar-refractivity contribution in [1.82, 2.24) is 9.88 Å². The molecule has 5 heteroatoms. The number of amides is 1. The van der Waals surface area contributed by atoms with Crippen LogP contribution in [0.1, 0.15) is 38.3 Å². The van der Waals surface area contributed by atoms with Gasteiger partial charge in [0, 0.05) is 25.9 Å². The van der Waals surface area contributed by atoms with Crippen LogP contribution < -0.4 is 0 Å². The molecule has 1 aromatic rings. The lowest BCUT2D eigenvalue weighted by Gasteiger charge is -2.36. The Morgan fingerprint density at radius 1 is 1.45 bits per heavy atom. The SMILES string of the molecule is C[C@]1(C(=O)N2CCC(OCc3ccccn3)CC2)CCCO1. The maximum absolute atomic E-state index is 12.6. The van der Waals surface area contributed by atoms with E-state index in [4.69, 9.17) is 9.47 Å². The monoisotopic (exact) mass is 304 g/mol. The summed E-state index contributed by atoms with van der Waals surface area (Å²) in [4.78, 5) is 18.8. The maximum Gasteiger partial charge on any atom is 0.254 e. The van der Waals surface area contributed by atoms with Gasteiger partial charge in [0.2, 0.25) is 0 Å². The predicted molar refractivity (Wildman–Crippen MR) is 82.2 cm³/mol. The molecular formula is C17H24N2O3. The van der Waals surface area contributed by atoms with Crippen LogP contribution in [-0.4, -0.2) is 47.2 Å². The molecule has 0 unspecified atom stereocenters. The Balaban J connectivity index is 1.45. The number of pyridine rings is 1. The fourth-order valence-electron chi connectivity index (χ4n) is 3.19. The fraction of sp³-hybridized carbons (Fsp3) is 0.647. The van der Waals surface area contributed by atoms with Crippen molar-refractivity contribution in [3.63, 3.8) is 0 Å². The van der Waals surface area contributed by atoms with Crippen LogP contribution in [0.15, 0.2) is 24.4 Å². The zero-order chi connectivity index (χ0) is 15.4.